The molecule has 0 saturated heterocycles. The van der Waals surface area contributed by atoms with Crippen LogP contribution in [0.15, 0.2) is 24.4 Å². The van der Waals surface area contributed by atoms with E-state index in [2.05, 4.69) is 15.3 Å². The Bertz CT molecular complexity index is 723. The van der Waals surface area contributed by atoms with Gasteiger partial charge in [-0.15, -0.1) is 0 Å². The van der Waals surface area contributed by atoms with Gasteiger partial charge < -0.3 is 10.2 Å². The van der Waals surface area contributed by atoms with Crippen molar-refractivity contribution in [2.75, 3.05) is 16.8 Å². The minimum atomic E-state index is -0.549. The van der Waals surface area contributed by atoms with Crippen LogP contribution in [0.25, 0.3) is 0 Å². The van der Waals surface area contributed by atoms with Crippen LogP contribution in [0.4, 0.5) is 21.6 Å². The minimum Gasteiger partial charge on any atom is -0.326 e. The smallest absolute Gasteiger partial charge is 0.224 e. The summed E-state index contributed by atoms with van der Waals surface area (Å²) >= 11 is 5.82. The number of nitrogens with one attached hydrogen (secondary N) is 1. The second kappa shape index (κ2) is 7.37. The molecule has 2 aromatic rings. The van der Waals surface area contributed by atoms with Crippen LogP contribution < -0.4 is 10.2 Å². The van der Waals surface area contributed by atoms with E-state index in [1.807, 2.05) is 19.9 Å². The Kier molecular flexibility index (Phi) is 5.50. The Morgan fingerprint density at radius 2 is 2.17 bits per heavy atom. The van der Waals surface area contributed by atoms with Gasteiger partial charge in [-0.3, -0.25) is 4.79 Å². The lowest BCUT2D eigenvalue weighted by Crippen LogP contribution is -2.22. The number of amides is 1. The average Bonchev–Trinajstić information content (AvgIpc) is 2.50. The monoisotopic (exact) mass is 336 g/mol. The van der Waals surface area contributed by atoms with Crippen molar-refractivity contribution in [3.05, 3.63) is 41.1 Å². The lowest BCUT2D eigenvalue weighted by molar-refractivity contribution is -0.114. The molecule has 0 aliphatic carbocycles. The Balaban J connectivity index is 2.54. The molecule has 0 radical (unpaired) electrons. The summed E-state index contributed by atoms with van der Waals surface area (Å²) in [6.45, 7) is 5.85. The summed E-state index contributed by atoms with van der Waals surface area (Å²) in [4.78, 5) is 20.7. The van der Waals surface area contributed by atoms with Crippen LogP contribution in [0.5, 0.6) is 0 Å². The van der Waals surface area contributed by atoms with E-state index in [0.717, 1.165) is 23.9 Å². The molecule has 2 rings (SSSR count). The van der Waals surface area contributed by atoms with E-state index in [9.17, 15) is 9.18 Å². The fourth-order valence-electron chi connectivity index (χ4n) is 2.33. The summed E-state index contributed by atoms with van der Waals surface area (Å²) in [6, 6.07) is 5.45. The molecule has 1 N–H and O–H groups in total. The van der Waals surface area contributed by atoms with Gasteiger partial charge in [-0.05, 0) is 42.6 Å². The van der Waals surface area contributed by atoms with E-state index in [-0.39, 0.29) is 17.0 Å². The third-order valence-electron chi connectivity index (χ3n) is 3.31. The van der Waals surface area contributed by atoms with Gasteiger partial charge >= 0.3 is 0 Å². The largest absolute Gasteiger partial charge is 0.326 e. The average molecular weight is 337 g/mol. The van der Waals surface area contributed by atoms with Crippen molar-refractivity contribution in [1.29, 1.82) is 0 Å². The maximum absolute atomic E-state index is 14.2. The molecule has 0 aliphatic rings. The van der Waals surface area contributed by atoms with Crippen LogP contribution in [0.3, 0.4) is 0 Å². The van der Waals surface area contributed by atoms with E-state index >= 15 is 0 Å². The molecule has 0 aliphatic heterocycles. The molecule has 0 atom stereocenters. The first-order valence-electron chi connectivity index (χ1n) is 7.26. The van der Waals surface area contributed by atoms with Gasteiger partial charge in [0, 0.05) is 24.8 Å². The van der Waals surface area contributed by atoms with Gasteiger partial charge in [0.05, 0.1) is 6.20 Å². The molecule has 5 nitrogen and oxygen atoms in total. The van der Waals surface area contributed by atoms with Gasteiger partial charge in [0.1, 0.15) is 0 Å². The minimum absolute atomic E-state index is 0.0156. The van der Waals surface area contributed by atoms with Crippen molar-refractivity contribution in [1.82, 2.24) is 9.97 Å². The van der Waals surface area contributed by atoms with Gasteiger partial charge in [-0.2, -0.15) is 4.98 Å². The number of hydrogen-bond donors (Lipinski definition) is 1. The van der Waals surface area contributed by atoms with E-state index in [4.69, 9.17) is 11.6 Å². The Hall–Kier alpha value is -2.21. The van der Waals surface area contributed by atoms with Crippen molar-refractivity contribution in [3.63, 3.8) is 0 Å². The molecule has 0 saturated carbocycles. The number of anilines is 3. The zero-order chi connectivity index (χ0) is 17.0. The molecule has 0 fully saturated rings. The predicted molar refractivity (Wildman–Crippen MR) is 89.8 cm³/mol. The first-order chi connectivity index (χ1) is 10.9. The Morgan fingerprint density at radius 1 is 1.43 bits per heavy atom. The van der Waals surface area contributed by atoms with E-state index in [1.54, 1.807) is 17.0 Å². The number of hydrogen-bond acceptors (Lipinski definition) is 4. The van der Waals surface area contributed by atoms with Crippen LogP contribution in [0.1, 0.15) is 25.8 Å². The molecule has 1 heterocycles. The predicted octanol–water partition coefficient (Wildman–Crippen LogP) is 4.08. The van der Waals surface area contributed by atoms with Gasteiger partial charge in [0.2, 0.25) is 11.2 Å². The molecule has 0 spiro atoms. The van der Waals surface area contributed by atoms with Crippen molar-refractivity contribution in [2.24, 2.45) is 0 Å². The molecule has 23 heavy (non-hydrogen) atoms. The molecule has 1 aromatic carbocycles. The number of aromatic nitrogens is 2. The van der Waals surface area contributed by atoms with Crippen molar-refractivity contribution in [3.8, 4) is 0 Å². The highest BCUT2D eigenvalue weighted by molar-refractivity contribution is 6.28. The second-order valence-corrected chi connectivity index (χ2v) is 5.43. The Labute approximate surface area is 139 Å². The quantitative estimate of drug-likeness (QED) is 0.836. The molecule has 122 valence electrons. The molecule has 0 unspecified atom stereocenters. The van der Waals surface area contributed by atoms with Crippen LogP contribution in [-0.4, -0.2) is 22.4 Å². The molecule has 1 aromatic heterocycles. The van der Waals surface area contributed by atoms with Gasteiger partial charge in [0.15, 0.2) is 11.6 Å². The fraction of sp³-hybridized carbons (Fsp3) is 0.312. The lowest BCUT2D eigenvalue weighted by Gasteiger charge is -2.26. The summed E-state index contributed by atoms with van der Waals surface area (Å²) < 4.78 is 14.2. The molecule has 7 heteroatoms. The van der Waals surface area contributed by atoms with Crippen molar-refractivity contribution < 1.29 is 9.18 Å². The first kappa shape index (κ1) is 17.1. The highest BCUT2D eigenvalue weighted by Gasteiger charge is 2.19. The zero-order valence-corrected chi connectivity index (χ0v) is 14.0. The van der Waals surface area contributed by atoms with Gasteiger partial charge in [-0.1, -0.05) is 13.0 Å². The summed E-state index contributed by atoms with van der Waals surface area (Å²) in [5, 5.41) is 2.75. The van der Waals surface area contributed by atoms with Gasteiger partial charge in [-0.25, -0.2) is 9.37 Å². The van der Waals surface area contributed by atoms with Crippen LogP contribution >= 0.6 is 11.6 Å². The fourth-order valence-corrected chi connectivity index (χ4v) is 2.46. The molecular formula is C16H18ClFN4O. The van der Waals surface area contributed by atoms with Gasteiger partial charge in [0.25, 0.3) is 0 Å². The number of halogens is 2. The maximum atomic E-state index is 14.2. The molecule has 0 bridgehead atoms. The summed E-state index contributed by atoms with van der Waals surface area (Å²) in [7, 11) is 0. The first-order valence-corrected chi connectivity index (χ1v) is 7.64. The molecule has 1 amide bonds. The topological polar surface area (TPSA) is 58.1 Å². The summed E-state index contributed by atoms with van der Waals surface area (Å²) in [6.07, 6.45) is 1.84. The summed E-state index contributed by atoms with van der Waals surface area (Å²) in [5.41, 5.74) is 2.26. The van der Waals surface area contributed by atoms with Crippen molar-refractivity contribution >= 4 is 34.7 Å². The lowest BCUT2D eigenvalue weighted by atomic mass is 10.1. The number of benzene rings is 1. The zero-order valence-electron chi connectivity index (χ0n) is 13.2. The molecular weight excluding hydrogens is 319 g/mol. The Morgan fingerprint density at radius 3 is 2.83 bits per heavy atom. The van der Waals surface area contributed by atoms with E-state index in [1.165, 1.54) is 6.92 Å². The number of carbonyl (C=O) groups is 1. The van der Waals surface area contributed by atoms with Crippen LogP contribution in [0.2, 0.25) is 5.28 Å². The number of nitrogens with zero attached hydrogens (tertiary/aromatic N) is 3. The van der Waals surface area contributed by atoms with Crippen LogP contribution in [-0.2, 0) is 4.79 Å². The van der Waals surface area contributed by atoms with Crippen molar-refractivity contribution in [2.45, 2.75) is 27.2 Å². The SMILES string of the molecule is CCCN(c1cccc(NC(C)=O)c1C)c1nc(Cl)ncc1F. The number of carbonyl (C=O) groups excluding carboxylic acids is 1. The number of rotatable bonds is 5. The van der Waals surface area contributed by atoms with Crippen LogP contribution in [0, 0.1) is 12.7 Å². The summed E-state index contributed by atoms with van der Waals surface area (Å²) in [5.74, 6) is -0.592. The second-order valence-electron chi connectivity index (χ2n) is 5.09. The maximum Gasteiger partial charge on any atom is 0.224 e. The third-order valence-corrected chi connectivity index (χ3v) is 3.49. The normalized spacial score (nSPS) is 10.5. The highest BCUT2D eigenvalue weighted by Crippen LogP contribution is 2.33. The standard InChI is InChI=1S/C16H18ClFN4O/c1-4-8-22(15-12(18)9-19-16(17)21-15)14-7-5-6-13(10(14)2)20-11(3)23/h5-7,9H,4,8H2,1-3H3,(H,20,23). The van der Waals surface area contributed by atoms with E-state index < -0.39 is 5.82 Å². The third kappa shape index (κ3) is 3.96. The van der Waals surface area contributed by atoms with E-state index in [0.29, 0.717) is 12.2 Å². The highest BCUT2D eigenvalue weighted by atomic mass is 35.5.